The number of ether oxygens (including phenoxy) is 2. The maximum absolute atomic E-state index is 13.2. The molecule has 27 heavy (non-hydrogen) atoms. The molecule has 0 saturated heterocycles. The number of nitrogens with one attached hydrogen (secondary N) is 1. The van der Waals surface area contributed by atoms with Gasteiger partial charge in [0.2, 0.25) is 0 Å². The maximum atomic E-state index is 13.2. The number of esters is 1. The smallest absolute Gasteiger partial charge is 0.349 e. The monoisotopic (exact) mass is 425 g/mol. The fraction of sp³-hybridized carbons (Fsp3) is 0.167. The normalized spacial score (nSPS) is 11.4. The molecule has 0 unspecified atom stereocenters. The van der Waals surface area contributed by atoms with Crippen LogP contribution in [0, 0.1) is 0 Å². The van der Waals surface area contributed by atoms with Crippen molar-refractivity contribution in [1.29, 1.82) is 0 Å². The number of rotatable bonds is 6. The Bertz CT molecular complexity index is 1110. The Balaban J connectivity index is 2.17. The van der Waals surface area contributed by atoms with Crippen molar-refractivity contribution >= 4 is 54.7 Å². The Morgan fingerprint density at radius 1 is 1.22 bits per heavy atom. The fourth-order valence-corrected chi connectivity index (χ4v) is 5.60. The number of carbonyl (C=O) groups is 1. The molecule has 1 aromatic heterocycles. The first kappa shape index (κ1) is 19.5. The van der Waals surface area contributed by atoms with Crippen LogP contribution in [0.3, 0.4) is 0 Å². The molecule has 0 saturated carbocycles. The lowest BCUT2D eigenvalue weighted by Gasteiger charge is -2.13. The number of hydrogen-bond donors (Lipinski definition) is 1. The topological polar surface area (TPSA) is 81.7 Å². The highest BCUT2D eigenvalue weighted by molar-refractivity contribution is 7.93. The summed E-state index contributed by atoms with van der Waals surface area (Å²) in [6, 6.07) is 11.5. The van der Waals surface area contributed by atoms with Crippen LogP contribution in [0.4, 0.5) is 5.69 Å². The van der Waals surface area contributed by atoms with Gasteiger partial charge in [-0.3, -0.25) is 4.72 Å². The van der Waals surface area contributed by atoms with Crippen LogP contribution in [-0.2, 0) is 14.8 Å². The number of carbonyl (C=O) groups excluding carboxylic acids is 1. The van der Waals surface area contributed by atoms with E-state index in [0.29, 0.717) is 20.9 Å². The van der Waals surface area contributed by atoms with E-state index in [0.717, 1.165) is 11.3 Å². The second-order valence-electron chi connectivity index (χ2n) is 5.43. The van der Waals surface area contributed by atoms with Crippen LogP contribution < -0.4 is 9.46 Å². The molecule has 0 spiro atoms. The third-order valence-corrected chi connectivity index (χ3v) is 6.65. The van der Waals surface area contributed by atoms with E-state index >= 15 is 0 Å². The largest absolute Gasteiger partial charge is 0.495 e. The summed E-state index contributed by atoms with van der Waals surface area (Å²) in [5.41, 5.74) is 0.176. The van der Waals surface area contributed by atoms with E-state index in [1.54, 1.807) is 43.3 Å². The second-order valence-corrected chi connectivity index (χ2v) is 8.53. The number of hydrogen-bond acceptors (Lipinski definition) is 6. The van der Waals surface area contributed by atoms with Crippen LogP contribution in [0.2, 0.25) is 5.02 Å². The quantitative estimate of drug-likeness (QED) is 0.586. The Kier molecular flexibility index (Phi) is 5.59. The molecule has 0 atom stereocenters. The van der Waals surface area contributed by atoms with Gasteiger partial charge in [0.15, 0.2) is 0 Å². The van der Waals surface area contributed by atoms with Gasteiger partial charge in [0.1, 0.15) is 15.5 Å². The van der Waals surface area contributed by atoms with Crippen LogP contribution in [0.15, 0.2) is 47.4 Å². The van der Waals surface area contributed by atoms with Crippen molar-refractivity contribution in [3.63, 3.8) is 0 Å². The Morgan fingerprint density at radius 3 is 2.67 bits per heavy atom. The van der Waals surface area contributed by atoms with Gasteiger partial charge >= 0.3 is 5.97 Å². The Hall–Kier alpha value is -2.29. The Morgan fingerprint density at radius 2 is 1.96 bits per heavy atom. The highest BCUT2D eigenvalue weighted by Crippen LogP contribution is 2.37. The molecule has 0 aliphatic rings. The van der Waals surface area contributed by atoms with Crippen molar-refractivity contribution in [3.8, 4) is 5.75 Å². The zero-order valence-corrected chi connectivity index (χ0v) is 16.9. The maximum Gasteiger partial charge on any atom is 0.349 e. The van der Waals surface area contributed by atoms with Crippen LogP contribution in [0.25, 0.3) is 10.1 Å². The summed E-state index contributed by atoms with van der Waals surface area (Å²) < 4.78 is 39.7. The first-order valence-corrected chi connectivity index (χ1v) is 10.6. The first-order chi connectivity index (χ1) is 12.9. The molecular weight excluding hydrogens is 410 g/mol. The minimum Gasteiger partial charge on any atom is -0.495 e. The van der Waals surface area contributed by atoms with Crippen molar-refractivity contribution in [1.82, 2.24) is 0 Å². The molecular formula is C18H16ClNO5S2. The van der Waals surface area contributed by atoms with Gasteiger partial charge in [-0.1, -0.05) is 29.8 Å². The zero-order chi connectivity index (χ0) is 19.6. The van der Waals surface area contributed by atoms with E-state index in [-0.39, 0.29) is 22.1 Å². The molecule has 142 valence electrons. The third-order valence-electron chi connectivity index (χ3n) is 3.69. The molecule has 1 N–H and O–H groups in total. The summed E-state index contributed by atoms with van der Waals surface area (Å²) in [7, 11) is -2.70. The van der Waals surface area contributed by atoms with Gasteiger partial charge in [-0.05, 0) is 31.2 Å². The Labute approximate surface area is 165 Å². The van der Waals surface area contributed by atoms with Crippen molar-refractivity contribution in [2.24, 2.45) is 0 Å². The molecule has 0 amide bonds. The minimum atomic E-state index is -4.12. The number of thiophene rings is 1. The summed E-state index contributed by atoms with van der Waals surface area (Å²) in [5, 5.41) is 0.786. The second kappa shape index (κ2) is 7.75. The number of sulfonamides is 1. The molecule has 3 rings (SSSR count). The molecule has 1 heterocycles. The summed E-state index contributed by atoms with van der Waals surface area (Å²) in [6.45, 7) is 1.80. The number of methoxy groups -OCH3 is 1. The van der Waals surface area contributed by atoms with Gasteiger partial charge in [-0.25, -0.2) is 13.2 Å². The molecule has 2 aromatic carbocycles. The highest BCUT2D eigenvalue weighted by atomic mass is 35.5. The lowest BCUT2D eigenvalue weighted by molar-refractivity contribution is 0.0528. The molecule has 0 bridgehead atoms. The van der Waals surface area contributed by atoms with Crippen molar-refractivity contribution in [2.75, 3.05) is 18.4 Å². The average molecular weight is 426 g/mol. The van der Waals surface area contributed by atoms with E-state index in [1.807, 2.05) is 0 Å². The summed E-state index contributed by atoms with van der Waals surface area (Å²) in [4.78, 5) is 12.3. The summed E-state index contributed by atoms with van der Waals surface area (Å²) in [6.07, 6.45) is 0. The van der Waals surface area contributed by atoms with Crippen molar-refractivity contribution in [3.05, 3.63) is 52.4 Å². The lowest BCUT2D eigenvalue weighted by atomic mass is 10.2. The molecule has 0 radical (unpaired) electrons. The molecule has 0 fully saturated rings. The van der Waals surface area contributed by atoms with Crippen LogP contribution in [-0.4, -0.2) is 28.1 Å². The predicted molar refractivity (Wildman–Crippen MR) is 107 cm³/mol. The van der Waals surface area contributed by atoms with Crippen LogP contribution in [0.5, 0.6) is 5.75 Å². The number of halogens is 1. The summed E-state index contributed by atoms with van der Waals surface area (Å²) >= 11 is 7.05. The first-order valence-electron chi connectivity index (χ1n) is 7.92. The zero-order valence-electron chi connectivity index (χ0n) is 14.5. The average Bonchev–Trinajstić information content (AvgIpc) is 3.02. The van der Waals surface area contributed by atoms with Crippen LogP contribution >= 0.6 is 22.9 Å². The van der Waals surface area contributed by atoms with E-state index in [4.69, 9.17) is 21.1 Å². The van der Waals surface area contributed by atoms with Crippen molar-refractivity contribution in [2.45, 2.75) is 11.8 Å². The molecule has 0 aliphatic heterocycles. The van der Waals surface area contributed by atoms with E-state index in [1.165, 1.54) is 13.2 Å². The number of fused-ring (bicyclic) bond motifs is 1. The SMILES string of the molecule is CCOC(=O)c1sc2ccccc2c1S(=O)(=O)Nc1cc(Cl)ccc1OC. The number of benzene rings is 2. The standard InChI is InChI=1S/C18H16ClNO5S2/c1-3-25-18(21)16-17(12-6-4-5-7-15(12)26-16)27(22,23)20-13-10-11(19)8-9-14(13)24-2/h4-10,20H,3H2,1-2H3. The molecule has 6 nitrogen and oxygen atoms in total. The molecule has 0 aliphatic carbocycles. The minimum absolute atomic E-state index is 0.0199. The lowest BCUT2D eigenvalue weighted by Crippen LogP contribution is -2.17. The number of anilines is 1. The predicted octanol–water partition coefficient (Wildman–Crippen LogP) is 4.54. The van der Waals surface area contributed by atoms with Crippen molar-refractivity contribution < 1.29 is 22.7 Å². The molecule has 9 heteroatoms. The van der Waals surface area contributed by atoms with Gasteiger partial charge in [0.05, 0.1) is 19.4 Å². The van der Waals surface area contributed by atoms with Gasteiger partial charge in [-0.15, -0.1) is 11.3 Å². The van der Waals surface area contributed by atoms with Gasteiger partial charge in [-0.2, -0.15) is 0 Å². The fourth-order valence-electron chi connectivity index (χ4n) is 2.58. The highest BCUT2D eigenvalue weighted by Gasteiger charge is 2.30. The van der Waals surface area contributed by atoms with E-state index in [9.17, 15) is 13.2 Å². The van der Waals surface area contributed by atoms with Crippen LogP contribution in [0.1, 0.15) is 16.6 Å². The van der Waals surface area contributed by atoms with Gasteiger partial charge in [0.25, 0.3) is 10.0 Å². The molecule has 3 aromatic rings. The third kappa shape index (κ3) is 3.87. The van der Waals surface area contributed by atoms with Gasteiger partial charge < -0.3 is 9.47 Å². The summed E-state index contributed by atoms with van der Waals surface area (Å²) in [5.74, 6) is -0.377. The van der Waals surface area contributed by atoms with E-state index < -0.39 is 16.0 Å². The van der Waals surface area contributed by atoms with Gasteiger partial charge in [0, 0.05) is 15.1 Å². The van der Waals surface area contributed by atoms with E-state index in [2.05, 4.69) is 4.72 Å².